The van der Waals surface area contributed by atoms with Crippen molar-refractivity contribution in [3.05, 3.63) is 63.8 Å². The number of aromatic hydroxyl groups is 1. The number of hydrogen-bond acceptors (Lipinski definition) is 6. The predicted molar refractivity (Wildman–Crippen MR) is 108 cm³/mol. The van der Waals surface area contributed by atoms with Crippen LogP contribution in [-0.2, 0) is 9.53 Å². The summed E-state index contributed by atoms with van der Waals surface area (Å²) in [6.07, 6.45) is 0. The molecule has 0 atom stereocenters. The number of para-hydroxylation sites is 1. The van der Waals surface area contributed by atoms with Gasteiger partial charge in [0.2, 0.25) is 0 Å². The van der Waals surface area contributed by atoms with Gasteiger partial charge in [-0.1, -0.05) is 12.1 Å². The third kappa shape index (κ3) is 4.58. The van der Waals surface area contributed by atoms with Crippen molar-refractivity contribution in [3.63, 3.8) is 0 Å². The standard InChI is InChI=1S/C22H18F3NO6/c1-22(2,3)32-15(27)9-26-20(29)16-18(28)12-6-4-5-11(19(12)31-21(16)30)10-7-13(23)17(25)14(24)8-10/h4-8,28H,9H2,1-3H3,(H,26,29). The summed E-state index contributed by atoms with van der Waals surface area (Å²) in [4.78, 5) is 36.6. The van der Waals surface area contributed by atoms with Crippen LogP contribution < -0.4 is 10.9 Å². The maximum Gasteiger partial charge on any atom is 0.353 e. The summed E-state index contributed by atoms with van der Waals surface area (Å²) in [6.45, 7) is 4.33. The number of esters is 1. The van der Waals surface area contributed by atoms with Gasteiger partial charge in [-0.2, -0.15) is 0 Å². The van der Waals surface area contributed by atoms with Crippen LogP contribution in [0.5, 0.6) is 5.75 Å². The molecule has 0 bridgehead atoms. The second-order valence-corrected chi connectivity index (χ2v) is 7.82. The van der Waals surface area contributed by atoms with Crippen LogP contribution in [0, 0.1) is 17.5 Å². The molecular formula is C22H18F3NO6. The van der Waals surface area contributed by atoms with Crippen LogP contribution in [0.1, 0.15) is 31.1 Å². The minimum absolute atomic E-state index is 0.0200. The molecule has 2 N–H and O–H groups in total. The number of rotatable bonds is 4. The molecule has 0 saturated heterocycles. The highest BCUT2D eigenvalue weighted by Gasteiger charge is 2.24. The normalized spacial score (nSPS) is 11.4. The Morgan fingerprint density at radius 2 is 1.75 bits per heavy atom. The van der Waals surface area contributed by atoms with Gasteiger partial charge in [-0.3, -0.25) is 9.59 Å². The van der Waals surface area contributed by atoms with E-state index in [4.69, 9.17) is 9.15 Å². The van der Waals surface area contributed by atoms with Crippen molar-refractivity contribution in [2.75, 3.05) is 6.54 Å². The summed E-state index contributed by atoms with van der Waals surface area (Å²) in [7, 11) is 0. The molecule has 0 spiro atoms. The molecule has 3 rings (SSSR count). The van der Waals surface area contributed by atoms with E-state index < -0.39 is 58.4 Å². The van der Waals surface area contributed by atoms with E-state index in [0.29, 0.717) is 12.1 Å². The first-order valence-corrected chi connectivity index (χ1v) is 9.33. The zero-order chi connectivity index (χ0) is 23.8. The molecule has 0 fully saturated rings. The molecule has 10 heteroatoms. The van der Waals surface area contributed by atoms with E-state index in [1.54, 1.807) is 20.8 Å². The number of carbonyl (C=O) groups excluding carboxylic acids is 2. The summed E-state index contributed by atoms with van der Waals surface area (Å²) in [5.41, 5.74) is -3.27. The Kier molecular flexibility index (Phi) is 5.98. The number of ether oxygens (including phenoxy) is 1. The Morgan fingerprint density at radius 3 is 2.34 bits per heavy atom. The largest absolute Gasteiger partial charge is 0.506 e. The lowest BCUT2D eigenvalue weighted by Gasteiger charge is -2.19. The number of carbonyl (C=O) groups is 2. The Bertz CT molecular complexity index is 1270. The third-order valence-electron chi connectivity index (χ3n) is 4.24. The van der Waals surface area contributed by atoms with Crippen molar-refractivity contribution in [2.45, 2.75) is 26.4 Å². The molecule has 2 aromatic carbocycles. The average Bonchev–Trinajstić information content (AvgIpc) is 2.68. The molecular weight excluding hydrogens is 431 g/mol. The van der Waals surface area contributed by atoms with Crippen molar-refractivity contribution in [1.82, 2.24) is 5.32 Å². The van der Waals surface area contributed by atoms with Gasteiger partial charge in [0.1, 0.15) is 23.5 Å². The molecule has 0 saturated carbocycles. The van der Waals surface area contributed by atoms with Gasteiger partial charge in [-0.05, 0) is 44.5 Å². The van der Waals surface area contributed by atoms with Crippen LogP contribution in [-0.4, -0.2) is 29.1 Å². The second-order valence-electron chi connectivity index (χ2n) is 7.82. The van der Waals surface area contributed by atoms with Gasteiger partial charge >= 0.3 is 11.6 Å². The van der Waals surface area contributed by atoms with E-state index in [1.807, 2.05) is 0 Å². The average molecular weight is 449 g/mol. The summed E-state index contributed by atoms with van der Waals surface area (Å²) in [5.74, 6) is -7.19. The minimum Gasteiger partial charge on any atom is -0.506 e. The van der Waals surface area contributed by atoms with Crippen molar-refractivity contribution in [2.24, 2.45) is 0 Å². The zero-order valence-corrected chi connectivity index (χ0v) is 17.2. The van der Waals surface area contributed by atoms with Crippen molar-refractivity contribution < 1.29 is 37.0 Å². The molecule has 0 unspecified atom stereocenters. The van der Waals surface area contributed by atoms with Gasteiger partial charge in [-0.15, -0.1) is 0 Å². The van der Waals surface area contributed by atoms with Gasteiger partial charge in [0.25, 0.3) is 5.91 Å². The topological polar surface area (TPSA) is 106 Å². The second kappa shape index (κ2) is 8.37. The third-order valence-corrected chi connectivity index (χ3v) is 4.24. The Hall–Kier alpha value is -3.82. The highest BCUT2D eigenvalue weighted by Crippen LogP contribution is 2.34. The zero-order valence-electron chi connectivity index (χ0n) is 17.2. The Labute approximate surface area is 179 Å². The van der Waals surface area contributed by atoms with E-state index in [0.717, 1.165) is 0 Å². The van der Waals surface area contributed by atoms with Crippen LogP contribution in [0.2, 0.25) is 0 Å². The van der Waals surface area contributed by atoms with Crippen LogP contribution in [0.4, 0.5) is 13.2 Å². The lowest BCUT2D eigenvalue weighted by Crippen LogP contribution is -2.36. The molecule has 1 aromatic heterocycles. The highest BCUT2D eigenvalue weighted by molar-refractivity contribution is 6.04. The smallest absolute Gasteiger partial charge is 0.353 e. The number of hydrogen-bond donors (Lipinski definition) is 2. The molecule has 0 radical (unpaired) electrons. The molecule has 7 nitrogen and oxygen atoms in total. The number of benzene rings is 2. The fourth-order valence-corrected chi connectivity index (χ4v) is 2.97. The molecule has 168 valence electrons. The van der Waals surface area contributed by atoms with Crippen LogP contribution in [0.15, 0.2) is 39.5 Å². The van der Waals surface area contributed by atoms with Crippen molar-refractivity contribution in [3.8, 4) is 16.9 Å². The van der Waals surface area contributed by atoms with E-state index in [9.17, 15) is 32.7 Å². The van der Waals surface area contributed by atoms with Crippen LogP contribution in [0.25, 0.3) is 22.1 Å². The van der Waals surface area contributed by atoms with Gasteiger partial charge in [0.15, 0.2) is 23.0 Å². The summed E-state index contributed by atoms with van der Waals surface area (Å²) in [5, 5.41) is 12.6. The molecule has 1 heterocycles. The Balaban J connectivity index is 2.01. The number of nitrogens with one attached hydrogen (secondary N) is 1. The SMILES string of the molecule is CC(C)(C)OC(=O)CNC(=O)c1c(O)c2cccc(-c3cc(F)c(F)c(F)c3)c2oc1=O. The number of fused-ring (bicyclic) bond motifs is 1. The van der Waals surface area contributed by atoms with Gasteiger partial charge in [0, 0.05) is 5.56 Å². The lowest BCUT2D eigenvalue weighted by atomic mass is 10.0. The molecule has 3 aromatic rings. The maximum atomic E-state index is 13.7. The summed E-state index contributed by atoms with van der Waals surface area (Å²) in [6, 6.07) is 5.41. The molecule has 1 amide bonds. The summed E-state index contributed by atoms with van der Waals surface area (Å²) >= 11 is 0. The maximum absolute atomic E-state index is 13.7. The van der Waals surface area contributed by atoms with Gasteiger partial charge in [-0.25, -0.2) is 18.0 Å². The van der Waals surface area contributed by atoms with E-state index in [-0.39, 0.29) is 22.1 Å². The van der Waals surface area contributed by atoms with E-state index in [2.05, 4.69) is 5.32 Å². The van der Waals surface area contributed by atoms with Gasteiger partial charge in [0.05, 0.1) is 5.39 Å². The number of amides is 1. The molecule has 0 aliphatic carbocycles. The van der Waals surface area contributed by atoms with E-state index in [1.165, 1.54) is 18.2 Å². The van der Waals surface area contributed by atoms with Crippen LogP contribution >= 0.6 is 0 Å². The minimum atomic E-state index is -1.66. The first-order valence-electron chi connectivity index (χ1n) is 9.33. The first-order chi connectivity index (χ1) is 14.9. The first kappa shape index (κ1) is 22.9. The fraction of sp³-hybridized carbons (Fsp3) is 0.227. The Morgan fingerprint density at radius 1 is 1.12 bits per heavy atom. The van der Waals surface area contributed by atoms with Crippen molar-refractivity contribution >= 4 is 22.8 Å². The number of halogens is 3. The monoisotopic (exact) mass is 449 g/mol. The molecule has 32 heavy (non-hydrogen) atoms. The van der Waals surface area contributed by atoms with Crippen LogP contribution in [0.3, 0.4) is 0 Å². The predicted octanol–water partition coefficient (Wildman–Crippen LogP) is 3.65. The fourth-order valence-electron chi connectivity index (χ4n) is 2.97. The van der Waals surface area contributed by atoms with Gasteiger partial charge < -0.3 is 19.6 Å². The summed E-state index contributed by atoms with van der Waals surface area (Å²) < 4.78 is 50.8. The molecule has 0 aliphatic heterocycles. The lowest BCUT2D eigenvalue weighted by molar-refractivity contribution is -0.153. The quantitative estimate of drug-likeness (QED) is 0.358. The highest BCUT2D eigenvalue weighted by atomic mass is 19.2. The van der Waals surface area contributed by atoms with E-state index >= 15 is 0 Å². The molecule has 0 aliphatic rings. The van der Waals surface area contributed by atoms with Crippen molar-refractivity contribution in [1.29, 1.82) is 0 Å².